The highest BCUT2D eigenvalue weighted by Crippen LogP contribution is 2.28. The van der Waals surface area contributed by atoms with Gasteiger partial charge in [-0.15, -0.1) is 6.58 Å². The van der Waals surface area contributed by atoms with Gasteiger partial charge < -0.3 is 5.32 Å². The Kier molecular flexibility index (Phi) is 6.21. The Morgan fingerprint density at radius 1 is 1.12 bits per heavy atom. The van der Waals surface area contributed by atoms with Crippen LogP contribution in [0.2, 0.25) is 0 Å². The van der Waals surface area contributed by atoms with Crippen LogP contribution >= 0.6 is 0 Å². The van der Waals surface area contributed by atoms with E-state index in [1.165, 1.54) is 4.31 Å². The van der Waals surface area contributed by atoms with E-state index in [1.54, 1.807) is 42.5 Å². The van der Waals surface area contributed by atoms with Crippen molar-refractivity contribution in [2.24, 2.45) is 0 Å². The van der Waals surface area contributed by atoms with E-state index in [1.807, 2.05) is 26.8 Å². The Balaban J connectivity index is 2.52. The summed E-state index contributed by atoms with van der Waals surface area (Å²) in [5.74, 6) is -0.388. The molecule has 0 fully saturated rings. The summed E-state index contributed by atoms with van der Waals surface area (Å²) in [6, 6.07) is 12.0. The largest absolute Gasteiger partial charge is 0.351 e. The molecule has 1 amide bonds. The summed E-state index contributed by atoms with van der Waals surface area (Å²) in [4.78, 5) is 12.4. The van der Waals surface area contributed by atoms with Crippen LogP contribution in [0.15, 0.2) is 60.0 Å². The third kappa shape index (κ3) is 4.32. The van der Waals surface area contributed by atoms with E-state index >= 15 is 0 Å². The first kappa shape index (κ1) is 19.7. The molecule has 0 radical (unpaired) electrons. The second-order valence-electron chi connectivity index (χ2n) is 6.14. The van der Waals surface area contributed by atoms with Crippen LogP contribution in [0.4, 0.5) is 5.69 Å². The number of amides is 1. The molecule has 2 rings (SSSR count). The second-order valence-corrected chi connectivity index (χ2v) is 8.00. The number of nitrogens with one attached hydrogen (secondary N) is 1. The molecule has 0 atom stereocenters. The zero-order valence-electron chi connectivity index (χ0n) is 15.3. The SMILES string of the molecule is C=CCNC(=O)CN(c1cccc(C)c1C)S(=O)(=O)c1ccc(C)cc1. The summed E-state index contributed by atoms with van der Waals surface area (Å²) in [6.45, 7) is 9.19. The van der Waals surface area contributed by atoms with Gasteiger partial charge in [0.25, 0.3) is 10.0 Å². The average molecular weight is 372 g/mol. The van der Waals surface area contributed by atoms with E-state index in [2.05, 4.69) is 11.9 Å². The van der Waals surface area contributed by atoms with Crippen LogP contribution in [0.1, 0.15) is 16.7 Å². The smallest absolute Gasteiger partial charge is 0.264 e. The number of nitrogens with zero attached hydrogens (tertiary/aromatic N) is 1. The van der Waals surface area contributed by atoms with Crippen molar-refractivity contribution in [2.75, 3.05) is 17.4 Å². The molecule has 2 aromatic rings. The highest BCUT2D eigenvalue weighted by molar-refractivity contribution is 7.92. The van der Waals surface area contributed by atoms with E-state index in [-0.39, 0.29) is 23.9 Å². The van der Waals surface area contributed by atoms with Crippen LogP contribution in [0.3, 0.4) is 0 Å². The molecule has 26 heavy (non-hydrogen) atoms. The van der Waals surface area contributed by atoms with Gasteiger partial charge in [0.1, 0.15) is 6.54 Å². The van der Waals surface area contributed by atoms with E-state index < -0.39 is 10.0 Å². The molecule has 0 aliphatic carbocycles. The van der Waals surface area contributed by atoms with Gasteiger partial charge in [0.15, 0.2) is 0 Å². The van der Waals surface area contributed by atoms with Crippen LogP contribution < -0.4 is 9.62 Å². The predicted octanol–water partition coefficient (Wildman–Crippen LogP) is 3.11. The Morgan fingerprint density at radius 2 is 1.77 bits per heavy atom. The standard InChI is InChI=1S/C20H24N2O3S/c1-5-13-21-20(23)14-22(19-8-6-7-16(3)17(19)4)26(24,25)18-11-9-15(2)10-12-18/h5-12H,1,13-14H2,2-4H3,(H,21,23). The van der Waals surface area contributed by atoms with Crippen molar-refractivity contribution < 1.29 is 13.2 Å². The molecule has 0 unspecified atom stereocenters. The van der Waals surface area contributed by atoms with Crippen LogP contribution in [0.25, 0.3) is 0 Å². The van der Waals surface area contributed by atoms with Gasteiger partial charge in [-0.05, 0) is 50.1 Å². The topological polar surface area (TPSA) is 66.5 Å². The van der Waals surface area contributed by atoms with Crippen LogP contribution in [0.5, 0.6) is 0 Å². The number of aryl methyl sites for hydroxylation is 2. The fraction of sp³-hybridized carbons (Fsp3) is 0.250. The lowest BCUT2D eigenvalue weighted by Crippen LogP contribution is -2.41. The zero-order valence-corrected chi connectivity index (χ0v) is 16.1. The number of benzene rings is 2. The normalized spacial score (nSPS) is 11.0. The summed E-state index contributed by atoms with van der Waals surface area (Å²) in [7, 11) is -3.88. The maximum absolute atomic E-state index is 13.2. The van der Waals surface area contributed by atoms with E-state index in [9.17, 15) is 13.2 Å². The van der Waals surface area contributed by atoms with Crippen LogP contribution in [-0.2, 0) is 14.8 Å². The molecule has 0 saturated carbocycles. The Hall–Kier alpha value is -2.60. The number of hydrogen-bond donors (Lipinski definition) is 1. The minimum absolute atomic E-state index is 0.153. The summed E-state index contributed by atoms with van der Waals surface area (Å²) in [5, 5.41) is 2.64. The van der Waals surface area contributed by atoms with Gasteiger partial charge in [-0.25, -0.2) is 8.42 Å². The van der Waals surface area contributed by atoms with Gasteiger partial charge in [0, 0.05) is 6.54 Å². The molecule has 0 aliphatic rings. The molecule has 6 heteroatoms. The lowest BCUT2D eigenvalue weighted by atomic mass is 10.1. The summed E-state index contributed by atoms with van der Waals surface area (Å²) < 4.78 is 27.7. The Bertz CT molecular complexity index is 903. The highest BCUT2D eigenvalue weighted by atomic mass is 32.2. The van der Waals surface area contributed by atoms with Crippen molar-refractivity contribution in [1.29, 1.82) is 0 Å². The molecular formula is C20H24N2O3S. The molecule has 0 heterocycles. The molecule has 2 aromatic carbocycles. The quantitative estimate of drug-likeness (QED) is 0.760. The van der Waals surface area contributed by atoms with Crippen molar-refractivity contribution in [3.8, 4) is 0 Å². The number of carbonyl (C=O) groups is 1. The Morgan fingerprint density at radius 3 is 2.38 bits per heavy atom. The van der Waals surface area contributed by atoms with Gasteiger partial charge in [-0.1, -0.05) is 35.9 Å². The number of anilines is 1. The second kappa shape index (κ2) is 8.19. The van der Waals surface area contributed by atoms with Gasteiger partial charge in [-0.3, -0.25) is 9.10 Å². The van der Waals surface area contributed by atoms with E-state index in [0.717, 1.165) is 16.7 Å². The van der Waals surface area contributed by atoms with Crippen molar-refractivity contribution in [1.82, 2.24) is 5.32 Å². The lowest BCUT2D eigenvalue weighted by Gasteiger charge is -2.26. The third-order valence-corrected chi connectivity index (χ3v) is 5.96. The molecule has 1 N–H and O–H groups in total. The van der Waals surface area contributed by atoms with Crippen molar-refractivity contribution in [3.05, 3.63) is 71.8 Å². The monoisotopic (exact) mass is 372 g/mol. The lowest BCUT2D eigenvalue weighted by molar-refractivity contribution is -0.119. The first-order valence-electron chi connectivity index (χ1n) is 8.30. The molecule has 0 aromatic heterocycles. The fourth-order valence-corrected chi connectivity index (χ4v) is 3.99. The molecule has 5 nitrogen and oxygen atoms in total. The van der Waals surface area contributed by atoms with E-state index in [4.69, 9.17) is 0 Å². The number of rotatable bonds is 7. The van der Waals surface area contributed by atoms with E-state index in [0.29, 0.717) is 5.69 Å². The van der Waals surface area contributed by atoms with Crippen molar-refractivity contribution in [3.63, 3.8) is 0 Å². The van der Waals surface area contributed by atoms with Gasteiger partial charge in [0.2, 0.25) is 5.91 Å². The molecule has 0 bridgehead atoms. The minimum Gasteiger partial charge on any atom is -0.351 e. The fourth-order valence-electron chi connectivity index (χ4n) is 2.52. The molecular weight excluding hydrogens is 348 g/mol. The van der Waals surface area contributed by atoms with Gasteiger partial charge >= 0.3 is 0 Å². The summed E-state index contributed by atoms with van der Waals surface area (Å²) in [6.07, 6.45) is 1.55. The van der Waals surface area contributed by atoms with Crippen LogP contribution in [0, 0.1) is 20.8 Å². The first-order chi connectivity index (χ1) is 12.3. The highest BCUT2D eigenvalue weighted by Gasteiger charge is 2.28. The maximum atomic E-state index is 13.2. The zero-order chi connectivity index (χ0) is 19.3. The molecule has 0 saturated heterocycles. The average Bonchev–Trinajstić information content (AvgIpc) is 2.61. The van der Waals surface area contributed by atoms with Crippen molar-refractivity contribution >= 4 is 21.6 Å². The summed E-state index contributed by atoms with van der Waals surface area (Å²) in [5.41, 5.74) is 3.24. The molecule has 0 aliphatic heterocycles. The number of hydrogen-bond acceptors (Lipinski definition) is 3. The van der Waals surface area contributed by atoms with Crippen LogP contribution in [-0.4, -0.2) is 27.4 Å². The Labute approximate surface area is 155 Å². The predicted molar refractivity (Wildman–Crippen MR) is 105 cm³/mol. The van der Waals surface area contributed by atoms with Gasteiger partial charge in [0.05, 0.1) is 10.6 Å². The number of carbonyl (C=O) groups excluding carboxylic acids is 1. The maximum Gasteiger partial charge on any atom is 0.264 e. The third-order valence-electron chi connectivity index (χ3n) is 4.18. The van der Waals surface area contributed by atoms with Gasteiger partial charge in [-0.2, -0.15) is 0 Å². The minimum atomic E-state index is -3.88. The first-order valence-corrected chi connectivity index (χ1v) is 9.74. The van der Waals surface area contributed by atoms with Crippen molar-refractivity contribution in [2.45, 2.75) is 25.7 Å². The molecule has 138 valence electrons. The molecule has 0 spiro atoms. The summed E-state index contributed by atoms with van der Waals surface area (Å²) >= 11 is 0. The number of sulfonamides is 1.